The number of rotatable bonds is 2. The lowest BCUT2D eigenvalue weighted by Crippen LogP contribution is -2.38. The van der Waals surface area contributed by atoms with Gasteiger partial charge in [-0.15, -0.1) is 0 Å². The van der Waals surface area contributed by atoms with E-state index in [4.69, 9.17) is 4.74 Å². The molecule has 0 amide bonds. The molecule has 3 rings (SSSR count). The highest BCUT2D eigenvalue weighted by Crippen LogP contribution is 2.66. The van der Waals surface area contributed by atoms with Crippen LogP contribution in [0.25, 0.3) is 0 Å². The SMILES string of the molecule is CC1(C)C2CCC1(C)C(OC(=O)c1cccc(Br)c1)C2. The number of halogens is 1. The maximum absolute atomic E-state index is 12.3. The van der Waals surface area contributed by atoms with E-state index in [2.05, 4.69) is 36.7 Å². The number of carbonyl (C=O) groups is 1. The van der Waals surface area contributed by atoms with Gasteiger partial charge in [0.1, 0.15) is 6.10 Å². The third kappa shape index (κ3) is 1.93. The molecule has 0 heterocycles. The van der Waals surface area contributed by atoms with Crippen LogP contribution in [0.2, 0.25) is 0 Å². The fourth-order valence-electron chi connectivity index (χ4n) is 4.12. The van der Waals surface area contributed by atoms with E-state index < -0.39 is 0 Å². The number of carbonyl (C=O) groups excluding carboxylic acids is 1. The van der Waals surface area contributed by atoms with Gasteiger partial charge in [-0.25, -0.2) is 4.79 Å². The minimum Gasteiger partial charge on any atom is -0.458 e. The normalized spacial score (nSPS) is 34.2. The highest BCUT2D eigenvalue weighted by atomic mass is 79.9. The summed E-state index contributed by atoms with van der Waals surface area (Å²) >= 11 is 3.40. The Morgan fingerprint density at radius 2 is 2.10 bits per heavy atom. The van der Waals surface area contributed by atoms with Crippen molar-refractivity contribution < 1.29 is 9.53 Å². The fourth-order valence-corrected chi connectivity index (χ4v) is 4.52. The summed E-state index contributed by atoms with van der Waals surface area (Å²) in [4.78, 5) is 12.3. The predicted molar refractivity (Wildman–Crippen MR) is 82.6 cm³/mol. The van der Waals surface area contributed by atoms with Gasteiger partial charge in [-0.05, 0) is 48.8 Å². The molecule has 0 aliphatic heterocycles. The van der Waals surface area contributed by atoms with E-state index in [-0.39, 0.29) is 22.9 Å². The molecule has 2 fully saturated rings. The molecule has 1 aromatic rings. The first-order valence-corrected chi connectivity index (χ1v) is 8.10. The Labute approximate surface area is 129 Å². The second kappa shape index (κ2) is 4.59. The highest BCUT2D eigenvalue weighted by molar-refractivity contribution is 9.10. The molecule has 0 aromatic heterocycles. The Balaban J connectivity index is 1.78. The van der Waals surface area contributed by atoms with Crippen molar-refractivity contribution in [1.82, 2.24) is 0 Å². The van der Waals surface area contributed by atoms with Crippen molar-refractivity contribution in [2.45, 2.75) is 46.1 Å². The number of esters is 1. The average Bonchev–Trinajstić information content (AvgIpc) is 2.72. The Kier molecular flexibility index (Phi) is 3.24. The van der Waals surface area contributed by atoms with Gasteiger partial charge in [-0.1, -0.05) is 42.8 Å². The third-order valence-electron chi connectivity index (χ3n) is 6.02. The maximum Gasteiger partial charge on any atom is 0.338 e. The summed E-state index contributed by atoms with van der Waals surface area (Å²) in [6.07, 6.45) is 3.52. The van der Waals surface area contributed by atoms with Crippen LogP contribution in [0.3, 0.4) is 0 Å². The molecule has 0 saturated heterocycles. The summed E-state index contributed by atoms with van der Waals surface area (Å²) < 4.78 is 6.77. The van der Waals surface area contributed by atoms with Gasteiger partial charge in [0.05, 0.1) is 5.56 Å². The van der Waals surface area contributed by atoms with Crippen LogP contribution in [-0.2, 0) is 4.74 Å². The molecule has 2 aliphatic rings. The van der Waals surface area contributed by atoms with Gasteiger partial charge in [0.2, 0.25) is 0 Å². The van der Waals surface area contributed by atoms with Crippen molar-refractivity contribution in [3.8, 4) is 0 Å². The first kappa shape index (κ1) is 14.1. The van der Waals surface area contributed by atoms with Gasteiger partial charge in [-0.3, -0.25) is 0 Å². The van der Waals surface area contributed by atoms with Crippen LogP contribution >= 0.6 is 15.9 Å². The van der Waals surface area contributed by atoms with E-state index in [0.29, 0.717) is 11.5 Å². The second-order valence-electron chi connectivity index (χ2n) is 7.01. The molecule has 3 heteroatoms. The smallest absolute Gasteiger partial charge is 0.338 e. The van der Waals surface area contributed by atoms with E-state index in [0.717, 1.165) is 10.9 Å². The summed E-state index contributed by atoms with van der Waals surface area (Å²) in [6.45, 7) is 6.95. The van der Waals surface area contributed by atoms with Gasteiger partial charge in [0, 0.05) is 9.89 Å². The molecule has 2 saturated carbocycles. The van der Waals surface area contributed by atoms with Gasteiger partial charge >= 0.3 is 5.97 Å². The van der Waals surface area contributed by atoms with Crippen molar-refractivity contribution in [3.63, 3.8) is 0 Å². The van der Waals surface area contributed by atoms with Crippen LogP contribution in [0.15, 0.2) is 28.7 Å². The van der Waals surface area contributed by atoms with Crippen LogP contribution in [-0.4, -0.2) is 12.1 Å². The fraction of sp³-hybridized carbons (Fsp3) is 0.588. The minimum absolute atomic E-state index is 0.0581. The summed E-state index contributed by atoms with van der Waals surface area (Å²) in [6, 6.07) is 7.42. The Morgan fingerprint density at radius 1 is 1.35 bits per heavy atom. The second-order valence-corrected chi connectivity index (χ2v) is 7.93. The Morgan fingerprint density at radius 3 is 2.65 bits per heavy atom. The topological polar surface area (TPSA) is 26.3 Å². The molecular weight excluding hydrogens is 316 g/mol. The average molecular weight is 337 g/mol. The van der Waals surface area contributed by atoms with E-state index >= 15 is 0 Å². The molecule has 0 N–H and O–H groups in total. The quantitative estimate of drug-likeness (QED) is 0.723. The van der Waals surface area contributed by atoms with Crippen LogP contribution in [0, 0.1) is 16.7 Å². The van der Waals surface area contributed by atoms with Crippen molar-refractivity contribution in [1.29, 1.82) is 0 Å². The van der Waals surface area contributed by atoms with E-state index in [9.17, 15) is 4.79 Å². The summed E-state index contributed by atoms with van der Waals surface area (Å²) in [5.74, 6) is 0.494. The zero-order valence-electron chi connectivity index (χ0n) is 12.3. The monoisotopic (exact) mass is 336 g/mol. The predicted octanol–water partition coefficient (Wildman–Crippen LogP) is 4.82. The largest absolute Gasteiger partial charge is 0.458 e. The van der Waals surface area contributed by atoms with Crippen LogP contribution in [0.1, 0.15) is 50.4 Å². The summed E-state index contributed by atoms with van der Waals surface area (Å²) in [7, 11) is 0. The first-order chi connectivity index (χ1) is 9.34. The number of fused-ring (bicyclic) bond motifs is 2. The zero-order chi connectivity index (χ0) is 14.5. The molecular formula is C17H21BrO2. The molecule has 3 atom stereocenters. The van der Waals surface area contributed by atoms with E-state index in [1.54, 1.807) is 0 Å². The van der Waals surface area contributed by atoms with Crippen molar-refractivity contribution in [2.75, 3.05) is 0 Å². The lowest BCUT2D eigenvalue weighted by atomic mass is 9.70. The van der Waals surface area contributed by atoms with Crippen molar-refractivity contribution in [3.05, 3.63) is 34.3 Å². The number of hydrogen-bond acceptors (Lipinski definition) is 2. The molecule has 2 bridgehead atoms. The lowest BCUT2D eigenvalue weighted by molar-refractivity contribution is -0.0242. The van der Waals surface area contributed by atoms with Gasteiger partial charge in [0.25, 0.3) is 0 Å². The molecule has 20 heavy (non-hydrogen) atoms. The summed E-state index contributed by atoms with van der Waals surface area (Å²) in [5, 5.41) is 0. The Hall–Kier alpha value is -0.830. The number of ether oxygens (including phenoxy) is 1. The standard InChI is InChI=1S/C17H21BrO2/c1-16(2)12-7-8-17(16,3)14(10-12)20-15(19)11-5-4-6-13(18)9-11/h4-6,9,12,14H,7-8,10H2,1-3H3. The van der Waals surface area contributed by atoms with Gasteiger partial charge < -0.3 is 4.74 Å². The van der Waals surface area contributed by atoms with Crippen LogP contribution in [0.5, 0.6) is 0 Å². The molecule has 0 spiro atoms. The molecule has 0 radical (unpaired) electrons. The third-order valence-corrected chi connectivity index (χ3v) is 6.52. The molecule has 1 aromatic carbocycles. The Bertz CT molecular complexity index is 552. The summed E-state index contributed by atoms with van der Waals surface area (Å²) in [5.41, 5.74) is 1.03. The maximum atomic E-state index is 12.3. The van der Waals surface area contributed by atoms with E-state index in [1.165, 1.54) is 12.8 Å². The van der Waals surface area contributed by atoms with Crippen molar-refractivity contribution >= 4 is 21.9 Å². The van der Waals surface area contributed by atoms with Crippen molar-refractivity contribution in [2.24, 2.45) is 16.7 Å². The minimum atomic E-state index is -0.194. The molecule has 3 unspecified atom stereocenters. The lowest BCUT2D eigenvalue weighted by Gasteiger charge is -2.38. The van der Waals surface area contributed by atoms with Gasteiger partial charge in [0.15, 0.2) is 0 Å². The first-order valence-electron chi connectivity index (χ1n) is 7.31. The highest BCUT2D eigenvalue weighted by Gasteiger charge is 2.62. The van der Waals surface area contributed by atoms with Gasteiger partial charge in [-0.2, -0.15) is 0 Å². The van der Waals surface area contributed by atoms with Crippen LogP contribution in [0.4, 0.5) is 0 Å². The van der Waals surface area contributed by atoms with Crippen LogP contribution < -0.4 is 0 Å². The zero-order valence-corrected chi connectivity index (χ0v) is 13.9. The molecule has 108 valence electrons. The molecule has 2 nitrogen and oxygen atoms in total. The number of benzene rings is 1. The molecule has 2 aliphatic carbocycles. The number of hydrogen-bond donors (Lipinski definition) is 0. The van der Waals surface area contributed by atoms with E-state index in [1.807, 2.05) is 24.3 Å².